The Morgan fingerprint density at radius 3 is 3.11 bits per heavy atom. The zero-order valence-electron chi connectivity index (χ0n) is 9.66. The number of fused-ring (bicyclic) bond motifs is 1. The summed E-state index contributed by atoms with van der Waals surface area (Å²) in [5.41, 5.74) is 0.480. The molecule has 0 saturated heterocycles. The third-order valence-corrected chi connectivity index (χ3v) is 3.45. The lowest BCUT2D eigenvalue weighted by atomic mass is 10.1. The number of nitrogens with one attached hydrogen (secondary N) is 1. The molecule has 0 unspecified atom stereocenters. The van der Waals surface area contributed by atoms with Crippen LogP contribution < -0.4 is 5.32 Å². The first-order valence-corrected chi connectivity index (χ1v) is 6.18. The predicted molar refractivity (Wildman–Crippen MR) is 65.9 cm³/mol. The molecule has 1 aromatic carbocycles. The van der Waals surface area contributed by atoms with Crippen molar-refractivity contribution in [2.45, 2.75) is 19.5 Å². The van der Waals surface area contributed by atoms with Crippen molar-refractivity contribution in [3.63, 3.8) is 0 Å². The maximum absolute atomic E-state index is 13.7. The zero-order valence-corrected chi connectivity index (χ0v) is 10.4. The number of halogens is 2. The van der Waals surface area contributed by atoms with Crippen LogP contribution in [0.5, 0.6) is 0 Å². The summed E-state index contributed by atoms with van der Waals surface area (Å²) in [5.74, 6) is 1.36. The van der Waals surface area contributed by atoms with E-state index in [-0.39, 0.29) is 5.82 Å². The van der Waals surface area contributed by atoms with E-state index in [2.05, 4.69) is 15.5 Å². The maximum Gasteiger partial charge on any atom is 0.147 e. The largest absolute Gasteiger partial charge is 0.312 e. The molecule has 1 aliphatic rings. The molecular weight excluding hydrogens is 255 g/mol. The normalized spacial score (nSPS) is 14.6. The Morgan fingerprint density at radius 2 is 2.28 bits per heavy atom. The van der Waals surface area contributed by atoms with Crippen molar-refractivity contribution in [3.05, 3.63) is 46.3 Å². The van der Waals surface area contributed by atoms with Crippen molar-refractivity contribution in [2.24, 2.45) is 0 Å². The SMILES string of the molecule is Fc1cccc(Cl)c1Cc1nnc2n1CCNC2. The van der Waals surface area contributed by atoms with E-state index in [1.807, 2.05) is 4.57 Å². The van der Waals surface area contributed by atoms with Crippen molar-refractivity contribution in [3.8, 4) is 0 Å². The van der Waals surface area contributed by atoms with Gasteiger partial charge in [0.25, 0.3) is 0 Å². The smallest absolute Gasteiger partial charge is 0.147 e. The van der Waals surface area contributed by atoms with Crippen LogP contribution in [0.4, 0.5) is 4.39 Å². The fourth-order valence-electron chi connectivity index (χ4n) is 2.14. The van der Waals surface area contributed by atoms with Crippen LogP contribution in [-0.4, -0.2) is 21.3 Å². The minimum absolute atomic E-state index is 0.297. The molecular formula is C12H12ClFN4. The van der Waals surface area contributed by atoms with E-state index in [0.717, 1.165) is 24.7 Å². The Hall–Kier alpha value is -1.46. The summed E-state index contributed by atoms with van der Waals surface area (Å²) in [7, 11) is 0. The molecule has 1 aliphatic heterocycles. The lowest BCUT2D eigenvalue weighted by molar-refractivity contribution is 0.494. The van der Waals surface area contributed by atoms with Crippen LogP contribution in [0.15, 0.2) is 18.2 Å². The Balaban J connectivity index is 1.95. The van der Waals surface area contributed by atoms with Gasteiger partial charge < -0.3 is 9.88 Å². The number of hydrogen-bond donors (Lipinski definition) is 1. The van der Waals surface area contributed by atoms with Gasteiger partial charge in [-0.15, -0.1) is 10.2 Å². The second kappa shape index (κ2) is 4.66. The minimum Gasteiger partial charge on any atom is -0.312 e. The van der Waals surface area contributed by atoms with Gasteiger partial charge in [0.2, 0.25) is 0 Å². The average Bonchev–Trinajstić information content (AvgIpc) is 2.77. The molecule has 6 heteroatoms. The van der Waals surface area contributed by atoms with Crippen LogP contribution >= 0.6 is 11.6 Å². The monoisotopic (exact) mass is 266 g/mol. The van der Waals surface area contributed by atoms with Crippen molar-refractivity contribution in [2.75, 3.05) is 6.54 Å². The Morgan fingerprint density at radius 1 is 1.39 bits per heavy atom. The molecule has 2 aromatic rings. The summed E-state index contributed by atoms with van der Waals surface area (Å²) < 4.78 is 15.7. The summed E-state index contributed by atoms with van der Waals surface area (Å²) in [6.07, 6.45) is 0.374. The van der Waals surface area contributed by atoms with E-state index in [1.165, 1.54) is 6.07 Å². The number of nitrogens with zero attached hydrogens (tertiary/aromatic N) is 3. The maximum atomic E-state index is 13.7. The lowest BCUT2D eigenvalue weighted by Gasteiger charge is -2.16. The Bertz CT molecular complexity index is 561. The molecule has 0 bridgehead atoms. The minimum atomic E-state index is -0.297. The van der Waals surface area contributed by atoms with Crippen molar-refractivity contribution >= 4 is 11.6 Å². The standard InChI is InChI=1S/C12H12ClFN4/c13-9-2-1-3-10(14)8(9)6-11-16-17-12-7-15-4-5-18(11)12/h1-3,15H,4-7H2. The topological polar surface area (TPSA) is 42.7 Å². The highest BCUT2D eigenvalue weighted by molar-refractivity contribution is 6.31. The number of rotatable bonds is 2. The van der Waals surface area contributed by atoms with Gasteiger partial charge in [-0.1, -0.05) is 17.7 Å². The van der Waals surface area contributed by atoms with Crippen LogP contribution in [0.3, 0.4) is 0 Å². The van der Waals surface area contributed by atoms with E-state index >= 15 is 0 Å². The number of aromatic nitrogens is 3. The second-order valence-corrected chi connectivity index (χ2v) is 4.65. The first-order chi connectivity index (χ1) is 8.75. The molecule has 94 valence electrons. The van der Waals surface area contributed by atoms with E-state index < -0.39 is 0 Å². The first kappa shape index (κ1) is 11.6. The quantitative estimate of drug-likeness (QED) is 0.901. The molecule has 1 N–H and O–H groups in total. The molecule has 0 radical (unpaired) electrons. The summed E-state index contributed by atoms with van der Waals surface area (Å²) in [4.78, 5) is 0. The summed E-state index contributed by atoms with van der Waals surface area (Å²) >= 11 is 6.02. The molecule has 0 saturated carbocycles. The van der Waals surface area contributed by atoms with Crippen molar-refractivity contribution < 1.29 is 4.39 Å². The van der Waals surface area contributed by atoms with Gasteiger partial charge in [-0.2, -0.15) is 0 Å². The second-order valence-electron chi connectivity index (χ2n) is 4.24. The highest BCUT2D eigenvalue weighted by atomic mass is 35.5. The molecule has 1 aromatic heterocycles. The fourth-order valence-corrected chi connectivity index (χ4v) is 2.37. The predicted octanol–water partition coefficient (Wildman–Crippen LogP) is 1.76. The van der Waals surface area contributed by atoms with Crippen LogP contribution in [-0.2, 0) is 19.5 Å². The highest BCUT2D eigenvalue weighted by Crippen LogP contribution is 2.22. The summed E-state index contributed by atoms with van der Waals surface area (Å²) in [5, 5.41) is 11.9. The van der Waals surface area contributed by atoms with E-state index in [9.17, 15) is 4.39 Å². The van der Waals surface area contributed by atoms with Crippen molar-refractivity contribution in [1.29, 1.82) is 0 Å². The van der Waals surface area contributed by atoms with Crippen LogP contribution in [0.2, 0.25) is 5.02 Å². The Kier molecular flexibility index (Phi) is 3.01. The van der Waals surface area contributed by atoms with Gasteiger partial charge >= 0.3 is 0 Å². The van der Waals surface area contributed by atoms with Gasteiger partial charge in [-0.05, 0) is 12.1 Å². The number of benzene rings is 1. The van der Waals surface area contributed by atoms with E-state index in [4.69, 9.17) is 11.6 Å². The molecule has 18 heavy (non-hydrogen) atoms. The molecule has 3 rings (SSSR count). The van der Waals surface area contributed by atoms with Gasteiger partial charge in [-0.25, -0.2) is 4.39 Å². The van der Waals surface area contributed by atoms with Crippen LogP contribution in [0.25, 0.3) is 0 Å². The van der Waals surface area contributed by atoms with Crippen molar-refractivity contribution in [1.82, 2.24) is 20.1 Å². The van der Waals surface area contributed by atoms with Gasteiger partial charge in [0.1, 0.15) is 17.5 Å². The third-order valence-electron chi connectivity index (χ3n) is 3.10. The van der Waals surface area contributed by atoms with E-state index in [1.54, 1.807) is 12.1 Å². The van der Waals surface area contributed by atoms with Crippen LogP contribution in [0, 0.1) is 5.82 Å². The molecule has 0 aliphatic carbocycles. The number of hydrogen-bond acceptors (Lipinski definition) is 3. The lowest BCUT2D eigenvalue weighted by Crippen LogP contribution is -2.29. The molecule has 0 fully saturated rings. The van der Waals surface area contributed by atoms with Gasteiger partial charge in [0.05, 0.1) is 6.54 Å². The molecule has 0 spiro atoms. The first-order valence-electron chi connectivity index (χ1n) is 5.80. The third kappa shape index (κ3) is 2.00. The zero-order chi connectivity index (χ0) is 12.5. The highest BCUT2D eigenvalue weighted by Gasteiger charge is 2.17. The van der Waals surface area contributed by atoms with E-state index in [0.29, 0.717) is 23.6 Å². The summed E-state index contributed by atoms with van der Waals surface area (Å²) in [6.45, 7) is 2.39. The van der Waals surface area contributed by atoms with Gasteiger partial charge in [0.15, 0.2) is 0 Å². The molecule has 2 heterocycles. The summed E-state index contributed by atoms with van der Waals surface area (Å²) in [6, 6.07) is 4.70. The molecule has 4 nitrogen and oxygen atoms in total. The molecule has 0 atom stereocenters. The average molecular weight is 267 g/mol. The van der Waals surface area contributed by atoms with Gasteiger partial charge in [0, 0.05) is 30.1 Å². The van der Waals surface area contributed by atoms with Gasteiger partial charge in [-0.3, -0.25) is 0 Å². The van der Waals surface area contributed by atoms with Crippen LogP contribution in [0.1, 0.15) is 17.2 Å². The molecule has 0 amide bonds. The Labute approximate surface area is 109 Å². The fraction of sp³-hybridized carbons (Fsp3) is 0.333.